The Hall–Kier alpha value is -2.44. The van der Waals surface area contributed by atoms with Crippen molar-refractivity contribution in [3.8, 4) is 5.75 Å². The van der Waals surface area contributed by atoms with Gasteiger partial charge in [-0.2, -0.15) is 0 Å². The zero-order chi connectivity index (χ0) is 23.8. The van der Waals surface area contributed by atoms with E-state index in [0.717, 1.165) is 44.2 Å². The van der Waals surface area contributed by atoms with E-state index < -0.39 is 29.6 Å². The molecule has 0 N–H and O–H groups in total. The molecule has 4 rings (SSSR count). The summed E-state index contributed by atoms with van der Waals surface area (Å²) in [5.41, 5.74) is 1.60. The molecule has 0 radical (unpaired) electrons. The number of ether oxygens (including phenoxy) is 1. The lowest BCUT2D eigenvalue weighted by Crippen LogP contribution is -2.18. The van der Waals surface area contributed by atoms with Crippen LogP contribution in [-0.2, 0) is 6.42 Å². The average molecular weight is 468 g/mol. The Morgan fingerprint density at radius 1 is 0.879 bits per heavy atom. The summed E-state index contributed by atoms with van der Waals surface area (Å²) in [6, 6.07) is 4.71. The van der Waals surface area contributed by atoms with E-state index in [2.05, 4.69) is 11.7 Å². The predicted octanol–water partition coefficient (Wildman–Crippen LogP) is 8.56. The third kappa shape index (κ3) is 5.39. The van der Waals surface area contributed by atoms with Crippen molar-refractivity contribution in [2.45, 2.75) is 70.6 Å². The number of hydrogen-bond donors (Lipinski definition) is 0. The summed E-state index contributed by atoms with van der Waals surface area (Å²) >= 11 is 0. The van der Waals surface area contributed by atoms with Gasteiger partial charge in [0.25, 0.3) is 0 Å². The molecule has 0 unspecified atom stereocenters. The first-order chi connectivity index (χ1) is 15.6. The van der Waals surface area contributed by atoms with E-state index in [-0.39, 0.29) is 24.3 Å². The van der Waals surface area contributed by atoms with Gasteiger partial charge in [0, 0.05) is 5.56 Å². The van der Waals surface area contributed by atoms with Gasteiger partial charge >= 0.3 is 6.36 Å². The maximum absolute atomic E-state index is 15.1. The Labute approximate surface area is 189 Å². The standard InChI is InChI=1S/C26H26F6O/c1-2-3-15-4-6-16(7-5-15)20-12-22(28)25(23(29)13-20)18-9-8-17-14-24(33-26(30,31)32)21(27)11-19(17)10-18/h10-16H,2-9H2,1H3. The number of rotatable bonds is 5. The Bertz CT molecular complexity index is 1020. The van der Waals surface area contributed by atoms with Crippen molar-refractivity contribution in [1.29, 1.82) is 0 Å². The van der Waals surface area contributed by atoms with Crippen molar-refractivity contribution >= 4 is 11.6 Å². The first-order valence-corrected chi connectivity index (χ1v) is 11.4. The van der Waals surface area contributed by atoms with Gasteiger partial charge < -0.3 is 4.74 Å². The van der Waals surface area contributed by atoms with Crippen LogP contribution in [0, 0.1) is 23.4 Å². The highest BCUT2D eigenvalue weighted by Crippen LogP contribution is 2.41. The van der Waals surface area contributed by atoms with Crippen LogP contribution in [0.5, 0.6) is 5.75 Å². The minimum atomic E-state index is -5.01. The van der Waals surface area contributed by atoms with E-state index in [1.54, 1.807) is 0 Å². The van der Waals surface area contributed by atoms with E-state index >= 15 is 8.78 Å². The molecule has 33 heavy (non-hydrogen) atoms. The van der Waals surface area contributed by atoms with Crippen molar-refractivity contribution < 1.29 is 31.1 Å². The van der Waals surface area contributed by atoms with Gasteiger partial charge in [0.15, 0.2) is 11.6 Å². The largest absolute Gasteiger partial charge is 0.573 e. The summed E-state index contributed by atoms with van der Waals surface area (Å²) in [6.45, 7) is 2.16. The Morgan fingerprint density at radius 3 is 2.15 bits per heavy atom. The molecule has 0 aromatic heterocycles. The SMILES string of the molecule is CCCC1CCC(c2cc(F)c(C3=Cc4cc(F)c(OC(F)(F)F)cc4CC3)c(F)c2)CC1. The Morgan fingerprint density at radius 2 is 1.55 bits per heavy atom. The highest BCUT2D eigenvalue weighted by atomic mass is 19.4. The molecule has 0 saturated heterocycles. The first-order valence-electron chi connectivity index (χ1n) is 11.4. The number of fused-ring (bicyclic) bond motifs is 1. The minimum Gasteiger partial charge on any atom is -0.403 e. The summed E-state index contributed by atoms with van der Waals surface area (Å²) in [5.74, 6) is -2.58. The molecule has 178 valence electrons. The topological polar surface area (TPSA) is 9.23 Å². The second-order valence-electron chi connectivity index (χ2n) is 9.06. The maximum Gasteiger partial charge on any atom is 0.573 e. The fourth-order valence-electron chi connectivity index (χ4n) is 5.22. The van der Waals surface area contributed by atoms with Gasteiger partial charge in [-0.25, -0.2) is 13.2 Å². The first kappa shape index (κ1) is 23.7. The second kappa shape index (κ2) is 9.43. The van der Waals surface area contributed by atoms with Gasteiger partial charge in [0.2, 0.25) is 0 Å². The van der Waals surface area contributed by atoms with Gasteiger partial charge in [-0.1, -0.05) is 25.8 Å². The van der Waals surface area contributed by atoms with Crippen LogP contribution in [0.3, 0.4) is 0 Å². The van der Waals surface area contributed by atoms with Gasteiger partial charge in [0.1, 0.15) is 11.6 Å². The number of allylic oxidation sites excluding steroid dienone is 1. The van der Waals surface area contributed by atoms with Crippen molar-refractivity contribution in [2.24, 2.45) is 5.92 Å². The predicted molar refractivity (Wildman–Crippen MR) is 115 cm³/mol. The van der Waals surface area contributed by atoms with Crippen molar-refractivity contribution in [3.05, 3.63) is 64.0 Å². The van der Waals surface area contributed by atoms with Crippen LogP contribution in [0.4, 0.5) is 26.3 Å². The van der Waals surface area contributed by atoms with Crippen molar-refractivity contribution in [3.63, 3.8) is 0 Å². The Balaban J connectivity index is 1.58. The molecular weight excluding hydrogens is 442 g/mol. The van der Waals surface area contributed by atoms with Crippen LogP contribution < -0.4 is 4.74 Å². The van der Waals surface area contributed by atoms with Crippen LogP contribution in [0.25, 0.3) is 11.6 Å². The summed E-state index contributed by atoms with van der Waals surface area (Å²) in [7, 11) is 0. The molecule has 0 amide bonds. The quantitative estimate of drug-likeness (QED) is 0.400. The van der Waals surface area contributed by atoms with E-state index in [4.69, 9.17) is 0 Å². The van der Waals surface area contributed by atoms with Crippen molar-refractivity contribution in [1.82, 2.24) is 0 Å². The molecule has 0 heterocycles. The number of benzene rings is 2. The number of halogens is 6. The van der Waals surface area contributed by atoms with Gasteiger partial charge in [-0.15, -0.1) is 13.2 Å². The normalized spacial score (nSPS) is 20.9. The highest BCUT2D eigenvalue weighted by molar-refractivity contribution is 5.85. The van der Waals surface area contributed by atoms with Crippen LogP contribution in [0.15, 0.2) is 24.3 Å². The summed E-state index contributed by atoms with van der Waals surface area (Å²) < 4.78 is 85.3. The molecular formula is C26H26F6O. The average Bonchev–Trinajstić information content (AvgIpc) is 2.73. The smallest absolute Gasteiger partial charge is 0.403 e. The van der Waals surface area contributed by atoms with Crippen LogP contribution >= 0.6 is 0 Å². The summed E-state index contributed by atoms with van der Waals surface area (Å²) in [5, 5.41) is 0. The van der Waals surface area contributed by atoms with Crippen LogP contribution in [0.2, 0.25) is 0 Å². The maximum atomic E-state index is 15.1. The molecule has 0 spiro atoms. The molecule has 2 aromatic carbocycles. The van der Waals surface area contributed by atoms with E-state index in [1.807, 2.05) is 0 Å². The summed E-state index contributed by atoms with van der Waals surface area (Å²) in [6.07, 6.45) is 3.18. The lowest BCUT2D eigenvalue weighted by Gasteiger charge is -2.29. The van der Waals surface area contributed by atoms with Gasteiger partial charge in [0.05, 0.1) is 0 Å². The second-order valence-corrected chi connectivity index (χ2v) is 9.06. The molecule has 1 fully saturated rings. The van der Waals surface area contributed by atoms with Crippen LogP contribution in [0.1, 0.15) is 80.0 Å². The van der Waals surface area contributed by atoms with Gasteiger partial charge in [-0.3, -0.25) is 0 Å². The van der Waals surface area contributed by atoms with E-state index in [1.165, 1.54) is 24.6 Å². The minimum absolute atomic E-state index is 0.137. The third-order valence-electron chi connectivity index (χ3n) is 6.81. The summed E-state index contributed by atoms with van der Waals surface area (Å²) in [4.78, 5) is 0. The number of alkyl halides is 3. The molecule has 2 aromatic rings. The molecule has 0 atom stereocenters. The molecule has 2 aliphatic rings. The zero-order valence-electron chi connectivity index (χ0n) is 18.4. The highest BCUT2D eigenvalue weighted by Gasteiger charge is 2.33. The molecule has 2 aliphatic carbocycles. The molecule has 0 bridgehead atoms. The molecule has 1 nitrogen and oxygen atoms in total. The lowest BCUT2D eigenvalue weighted by molar-refractivity contribution is -0.275. The molecule has 1 saturated carbocycles. The van der Waals surface area contributed by atoms with Gasteiger partial charge in [-0.05, 0) is 96.9 Å². The fraction of sp³-hybridized carbons (Fsp3) is 0.462. The van der Waals surface area contributed by atoms with E-state index in [9.17, 15) is 17.6 Å². The molecule has 7 heteroatoms. The monoisotopic (exact) mass is 468 g/mol. The molecule has 0 aliphatic heterocycles. The van der Waals surface area contributed by atoms with E-state index in [0.29, 0.717) is 28.2 Å². The third-order valence-corrected chi connectivity index (χ3v) is 6.81. The Kier molecular flexibility index (Phi) is 6.78. The van der Waals surface area contributed by atoms with Crippen LogP contribution in [-0.4, -0.2) is 6.36 Å². The van der Waals surface area contributed by atoms with Crippen molar-refractivity contribution in [2.75, 3.05) is 0 Å². The lowest BCUT2D eigenvalue weighted by atomic mass is 9.77. The number of aryl methyl sites for hydroxylation is 1. The number of hydrogen-bond acceptors (Lipinski definition) is 1. The fourth-order valence-corrected chi connectivity index (χ4v) is 5.22. The zero-order valence-corrected chi connectivity index (χ0v) is 18.4.